The van der Waals surface area contributed by atoms with E-state index < -0.39 is 0 Å². The Morgan fingerprint density at radius 1 is 1.56 bits per heavy atom. The van der Waals surface area contributed by atoms with Crippen LogP contribution in [-0.4, -0.2) is 47.7 Å². The lowest BCUT2D eigenvalue weighted by Gasteiger charge is -2.31. The van der Waals surface area contributed by atoms with Gasteiger partial charge in [-0.25, -0.2) is 9.97 Å². The number of hydrogen-bond donors (Lipinski definition) is 1. The number of anilines is 1. The van der Waals surface area contributed by atoms with E-state index in [1.807, 2.05) is 6.92 Å². The highest BCUT2D eigenvalue weighted by Gasteiger charge is 2.23. The monoisotopic (exact) mass is 314 g/mol. The molecule has 100 valence electrons. The van der Waals surface area contributed by atoms with E-state index >= 15 is 0 Å². The number of nitrogens with zero attached hydrogens (tertiary/aromatic N) is 3. The zero-order valence-corrected chi connectivity index (χ0v) is 12.4. The van der Waals surface area contributed by atoms with Crippen LogP contribution < -0.4 is 5.32 Å². The highest BCUT2D eigenvalue weighted by atomic mass is 79.9. The SMILES string of the molecule is CCNc1nc(C2CN(CC)CCO2)ncc1Br. The fraction of sp³-hybridized carbons (Fsp3) is 0.667. The second-order valence-electron chi connectivity index (χ2n) is 4.21. The van der Waals surface area contributed by atoms with Crippen molar-refractivity contribution in [2.45, 2.75) is 20.0 Å². The number of halogens is 1. The maximum Gasteiger partial charge on any atom is 0.160 e. The average molecular weight is 315 g/mol. The summed E-state index contributed by atoms with van der Waals surface area (Å²) in [5.74, 6) is 1.59. The second-order valence-corrected chi connectivity index (χ2v) is 5.06. The second kappa shape index (κ2) is 6.45. The highest BCUT2D eigenvalue weighted by Crippen LogP contribution is 2.24. The van der Waals surface area contributed by atoms with E-state index in [1.165, 1.54) is 0 Å². The molecule has 0 saturated carbocycles. The van der Waals surface area contributed by atoms with Crippen LogP contribution in [0.15, 0.2) is 10.7 Å². The number of nitrogens with one attached hydrogen (secondary N) is 1. The molecule has 6 heteroatoms. The van der Waals surface area contributed by atoms with Crippen LogP contribution in [0.5, 0.6) is 0 Å². The molecule has 5 nitrogen and oxygen atoms in total. The van der Waals surface area contributed by atoms with Crippen LogP contribution in [0.3, 0.4) is 0 Å². The minimum Gasteiger partial charge on any atom is -0.369 e. The van der Waals surface area contributed by atoms with Gasteiger partial charge in [-0.05, 0) is 29.4 Å². The van der Waals surface area contributed by atoms with Crippen molar-refractivity contribution >= 4 is 21.7 Å². The third-order valence-corrected chi connectivity index (χ3v) is 3.57. The van der Waals surface area contributed by atoms with E-state index in [9.17, 15) is 0 Å². The van der Waals surface area contributed by atoms with Crippen molar-refractivity contribution in [1.29, 1.82) is 0 Å². The number of rotatable bonds is 4. The van der Waals surface area contributed by atoms with Gasteiger partial charge in [-0.15, -0.1) is 0 Å². The first-order valence-corrected chi connectivity index (χ1v) is 7.14. The van der Waals surface area contributed by atoms with Crippen LogP contribution >= 0.6 is 15.9 Å². The molecule has 0 aromatic carbocycles. The summed E-state index contributed by atoms with van der Waals surface area (Å²) < 4.78 is 6.64. The van der Waals surface area contributed by atoms with Gasteiger partial charge in [0.25, 0.3) is 0 Å². The summed E-state index contributed by atoms with van der Waals surface area (Å²) >= 11 is 3.44. The van der Waals surface area contributed by atoms with E-state index in [0.29, 0.717) is 0 Å². The van der Waals surface area contributed by atoms with Crippen LogP contribution in [0.1, 0.15) is 25.8 Å². The Bertz CT molecular complexity index is 402. The minimum absolute atomic E-state index is 0.0239. The predicted octanol–water partition coefficient (Wildman–Crippen LogP) is 2.06. The summed E-state index contributed by atoms with van der Waals surface area (Å²) in [6, 6.07) is 0. The summed E-state index contributed by atoms with van der Waals surface area (Å²) in [5, 5.41) is 3.21. The van der Waals surface area contributed by atoms with E-state index in [-0.39, 0.29) is 6.10 Å². The van der Waals surface area contributed by atoms with Gasteiger partial charge in [-0.3, -0.25) is 4.90 Å². The van der Waals surface area contributed by atoms with E-state index in [0.717, 1.165) is 48.9 Å². The van der Waals surface area contributed by atoms with Crippen molar-refractivity contribution in [2.75, 3.05) is 38.1 Å². The standard InChI is InChI=1S/C12H19BrN4O/c1-3-14-11-9(13)7-15-12(16-11)10-8-17(4-2)5-6-18-10/h7,10H,3-6,8H2,1-2H3,(H,14,15,16). The van der Waals surface area contributed by atoms with Crippen molar-refractivity contribution in [3.63, 3.8) is 0 Å². The molecule has 0 spiro atoms. The van der Waals surface area contributed by atoms with Crippen LogP contribution in [0.4, 0.5) is 5.82 Å². The fourth-order valence-corrected chi connectivity index (χ4v) is 2.30. The lowest BCUT2D eigenvalue weighted by atomic mass is 10.2. The molecule has 0 bridgehead atoms. The minimum atomic E-state index is -0.0239. The molecule has 2 heterocycles. The Labute approximate surface area is 116 Å². The molecular weight excluding hydrogens is 296 g/mol. The van der Waals surface area contributed by atoms with Gasteiger partial charge in [0, 0.05) is 25.8 Å². The molecule has 1 N–H and O–H groups in total. The topological polar surface area (TPSA) is 50.3 Å². The van der Waals surface area contributed by atoms with Crippen molar-refractivity contribution in [3.05, 3.63) is 16.5 Å². The van der Waals surface area contributed by atoms with Gasteiger partial charge in [0.05, 0.1) is 11.1 Å². The van der Waals surface area contributed by atoms with E-state index in [4.69, 9.17) is 4.74 Å². The van der Waals surface area contributed by atoms with Gasteiger partial charge in [0.1, 0.15) is 11.9 Å². The van der Waals surface area contributed by atoms with Gasteiger partial charge in [-0.1, -0.05) is 6.92 Å². The van der Waals surface area contributed by atoms with Crippen molar-refractivity contribution in [1.82, 2.24) is 14.9 Å². The Hall–Kier alpha value is -0.720. The Balaban J connectivity index is 2.14. The normalized spacial score (nSPS) is 20.9. The van der Waals surface area contributed by atoms with Gasteiger partial charge >= 0.3 is 0 Å². The van der Waals surface area contributed by atoms with E-state index in [1.54, 1.807) is 6.20 Å². The Morgan fingerprint density at radius 2 is 2.39 bits per heavy atom. The third kappa shape index (κ3) is 3.18. The smallest absolute Gasteiger partial charge is 0.160 e. The Kier molecular flexibility index (Phi) is 4.91. The first kappa shape index (κ1) is 13.7. The number of aromatic nitrogens is 2. The van der Waals surface area contributed by atoms with Crippen molar-refractivity contribution in [2.24, 2.45) is 0 Å². The fourth-order valence-electron chi connectivity index (χ4n) is 1.97. The summed E-state index contributed by atoms with van der Waals surface area (Å²) in [5.41, 5.74) is 0. The molecular formula is C12H19BrN4O. The largest absolute Gasteiger partial charge is 0.369 e. The number of likely N-dealkylation sites (N-methyl/N-ethyl adjacent to an activating group) is 1. The molecule has 1 saturated heterocycles. The molecule has 1 fully saturated rings. The summed E-state index contributed by atoms with van der Waals surface area (Å²) in [6.07, 6.45) is 1.76. The molecule has 1 aliphatic heterocycles. The third-order valence-electron chi connectivity index (χ3n) is 2.99. The lowest BCUT2D eigenvalue weighted by Crippen LogP contribution is -2.38. The number of morpholine rings is 1. The van der Waals surface area contributed by atoms with E-state index in [2.05, 4.69) is 43.0 Å². The Morgan fingerprint density at radius 3 is 3.11 bits per heavy atom. The van der Waals surface area contributed by atoms with Gasteiger partial charge < -0.3 is 10.1 Å². The molecule has 1 atom stereocenters. The highest BCUT2D eigenvalue weighted by molar-refractivity contribution is 9.10. The molecule has 0 aliphatic carbocycles. The first-order valence-electron chi connectivity index (χ1n) is 6.34. The van der Waals surface area contributed by atoms with Gasteiger partial charge in [0.15, 0.2) is 5.82 Å². The van der Waals surface area contributed by atoms with Gasteiger partial charge in [0.2, 0.25) is 0 Å². The average Bonchev–Trinajstić information content (AvgIpc) is 2.41. The molecule has 0 radical (unpaired) electrons. The van der Waals surface area contributed by atoms with Crippen LogP contribution in [-0.2, 0) is 4.74 Å². The maximum atomic E-state index is 5.76. The first-order chi connectivity index (χ1) is 8.74. The summed E-state index contributed by atoms with van der Waals surface area (Å²) in [4.78, 5) is 11.3. The molecule has 1 unspecified atom stereocenters. The molecule has 18 heavy (non-hydrogen) atoms. The van der Waals surface area contributed by atoms with Crippen LogP contribution in [0.25, 0.3) is 0 Å². The quantitative estimate of drug-likeness (QED) is 0.922. The number of hydrogen-bond acceptors (Lipinski definition) is 5. The summed E-state index contributed by atoms with van der Waals surface area (Å²) in [6.45, 7) is 8.68. The number of ether oxygens (including phenoxy) is 1. The molecule has 1 aromatic rings. The lowest BCUT2D eigenvalue weighted by molar-refractivity contribution is -0.0325. The summed E-state index contributed by atoms with van der Waals surface area (Å²) in [7, 11) is 0. The van der Waals surface area contributed by atoms with Gasteiger partial charge in [-0.2, -0.15) is 0 Å². The molecule has 2 rings (SSSR count). The van der Waals surface area contributed by atoms with Crippen molar-refractivity contribution in [3.8, 4) is 0 Å². The molecule has 1 aromatic heterocycles. The zero-order chi connectivity index (χ0) is 13.0. The maximum absolute atomic E-state index is 5.76. The van der Waals surface area contributed by atoms with Crippen molar-refractivity contribution < 1.29 is 4.74 Å². The zero-order valence-electron chi connectivity index (χ0n) is 10.8. The van der Waals surface area contributed by atoms with Crippen LogP contribution in [0, 0.1) is 0 Å². The predicted molar refractivity (Wildman–Crippen MR) is 74.7 cm³/mol. The molecule has 1 aliphatic rings. The van der Waals surface area contributed by atoms with Crippen LogP contribution in [0.2, 0.25) is 0 Å². The molecule has 0 amide bonds.